The van der Waals surface area contributed by atoms with Crippen LogP contribution in [0.3, 0.4) is 0 Å². The fourth-order valence-electron chi connectivity index (χ4n) is 1.44. The molecule has 0 radical (unpaired) electrons. The number of ether oxygens (including phenoxy) is 2. The minimum absolute atomic E-state index is 0.0186. The molecule has 1 unspecified atom stereocenters. The molecule has 1 aliphatic rings. The number of esters is 2. The topological polar surface area (TPSA) is 127 Å². The normalized spacial score (nSPS) is 18.2. The summed E-state index contributed by atoms with van der Waals surface area (Å²) in [5.74, 6) is -3.26. The molecule has 2 N–H and O–H groups in total. The van der Waals surface area contributed by atoms with Gasteiger partial charge in [-0.2, -0.15) is 0 Å². The molecule has 1 atom stereocenters. The Morgan fingerprint density at radius 1 is 1.04 bits per heavy atom. The molecule has 0 fully saturated rings. The minimum Gasteiger partial charge on any atom is -0.478 e. The molecule has 0 spiro atoms. The molecule has 122 valence electrons. The van der Waals surface area contributed by atoms with E-state index in [1.807, 2.05) is 0 Å². The molecule has 0 bridgehead atoms. The van der Waals surface area contributed by atoms with E-state index in [0.717, 1.165) is 18.2 Å². The second-order valence-electron chi connectivity index (χ2n) is 4.40. The highest BCUT2D eigenvalue weighted by molar-refractivity contribution is 5.93. The van der Waals surface area contributed by atoms with Crippen LogP contribution in [0.2, 0.25) is 0 Å². The molecule has 0 aromatic heterocycles. The summed E-state index contributed by atoms with van der Waals surface area (Å²) in [4.78, 5) is 42.1. The molecule has 1 aromatic rings. The molecule has 8 heteroatoms. The van der Waals surface area contributed by atoms with Crippen molar-refractivity contribution in [2.75, 3.05) is 6.61 Å². The fourth-order valence-corrected chi connectivity index (χ4v) is 1.44. The third-order valence-electron chi connectivity index (χ3n) is 2.49. The first kappa shape index (κ1) is 17.9. The summed E-state index contributed by atoms with van der Waals surface area (Å²) >= 11 is 0. The molecular formula is C15H14O8. The molecule has 8 nitrogen and oxygen atoms in total. The Balaban J connectivity index is 0.000000231. The number of hydrogen-bond donors (Lipinski definition) is 2. The van der Waals surface area contributed by atoms with E-state index in [9.17, 15) is 19.2 Å². The Morgan fingerprint density at radius 3 is 2.09 bits per heavy atom. The summed E-state index contributed by atoms with van der Waals surface area (Å²) in [5.41, 5.74) is -0.0372. The second-order valence-corrected chi connectivity index (χ2v) is 4.40. The van der Waals surface area contributed by atoms with Crippen molar-refractivity contribution in [2.24, 2.45) is 0 Å². The zero-order chi connectivity index (χ0) is 17.4. The van der Waals surface area contributed by atoms with Gasteiger partial charge in [-0.1, -0.05) is 6.07 Å². The van der Waals surface area contributed by atoms with Crippen LogP contribution in [0.4, 0.5) is 0 Å². The van der Waals surface area contributed by atoms with Crippen LogP contribution in [-0.2, 0) is 19.1 Å². The number of carboxylic acid groups (broad SMARTS) is 2. The molecule has 1 aliphatic heterocycles. The maximum Gasteiger partial charge on any atom is 0.335 e. The lowest BCUT2D eigenvalue weighted by atomic mass is 10.1. The number of hydrogen-bond acceptors (Lipinski definition) is 6. The summed E-state index contributed by atoms with van der Waals surface area (Å²) in [5, 5.41) is 17.0. The third-order valence-corrected chi connectivity index (χ3v) is 2.49. The van der Waals surface area contributed by atoms with Gasteiger partial charge in [0.05, 0.1) is 11.1 Å². The monoisotopic (exact) mass is 322 g/mol. The maximum absolute atomic E-state index is 10.7. The minimum atomic E-state index is -1.13. The molecule has 0 saturated heterocycles. The van der Waals surface area contributed by atoms with Gasteiger partial charge in [0.1, 0.15) is 12.7 Å². The quantitative estimate of drug-likeness (QED) is 0.775. The van der Waals surface area contributed by atoms with Gasteiger partial charge in [0.15, 0.2) is 0 Å². The van der Waals surface area contributed by atoms with Crippen LogP contribution in [0.1, 0.15) is 27.6 Å². The zero-order valence-corrected chi connectivity index (χ0v) is 12.1. The van der Waals surface area contributed by atoms with E-state index >= 15 is 0 Å². The average molecular weight is 322 g/mol. The number of carbonyl (C=O) groups excluding carboxylic acids is 2. The van der Waals surface area contributed by atoms with Crippen LogP contribution >= 0.6 is 0 Å². The first-order valence-electron chi connectivity index (χ1n) is 6.41. The number of cyclic esters (lactones) is 2. The zero-order valence-electron chi connectivity index (χ0n) is 12.1. The van der Waals surface area contributed by atoms with Crippen molar-refractivity contribution in [3.05, 3.63) is 47.5 Å². The highest BCUT2D eigenvalue weighted by atomic mass is 16.6. The first-order valence-corrected chi connectivity index (χ1v) is 6.41. The molecule has 1 aromatic carbocycles. The van der Waals surface area contributed by atoms with Crippen molar-refractivity contribution in [2.45, 2.75) is 13.0 Å². The molecule has 0 aliphatic carbocycles. The van der Waals surface area contributed by atoms with Crippen LogP contribution in [0.15, 0.2) is 36.4 Å². The van der Waals surface area contributed by atoms with Crippen LogP contribution in [-0.4, -0.2) is 46.8 Å². The number of carbonyl (C=O) groups is 4. The van der Waals surface area contributed by atoms with Crippen LogP contribution < -0.4 is 0 Å². The number of carboxylic acids is 2. The highest BCUT2D eigenvalue weighted by Gasteiger charge is 2.12. The van der Waals surface area contributed by atoms with E-state index in [2.05, 4.69) is 4.74 Å². The number of aromatic carboxylic acids is 2. The molecule has 0 saturated carbocycles. The molecule has 2 rings (SSSR count). The lowest BCUT2D eigenvalue weighted by Crippen LogP contribution is -2.23. The van der Waals surface area contributed by atoms with Gasteiger partial charge in [0, 0.05) is 12.2 Å². The van der Waals surface area contributed by atoms with Crippen molar-refractivity contribution in [1.29, 1.82) is 0 Å². The Labute approximate surface area is 130 Å². The van der Waals surface area contributed by atoms with Gasteiger partial charge >= 0.3 is 23.9 Å². The number of rotatable bonds is 2. The Bertz CT molecular complexity index is 617. The Kier molecular flexibility index (Phi) is 6.47. The summed E-state index contributed by atoms with van der Waals surface area (Å²) in [6.45, 7) is 1.78. The van der Waals surface area contributed by atoms with Gasteiger partial charge in [-0.3, -0.25) is 0 Å². The fraction of sp³-hybridized carbons (Fsp3) is 0.200. The summed E-state index contributed by atoms with van der Waals surface area (Å²) in [6, 6.07) is 5.20. The first-order chi connectivity index (χ1) is 10.8. The van der Waals surface area contributed by atoms with E-state index in [1.54, 1.807) is 6.92 Å². The molecule has 1 heterocycles. The highest BCUT2D eigenvalue weighted by Crippen LogP contribution is 2.04. The van der Waals surface area contributed by atoms with Gasteiger partial charge in [-0.05, 0) is 25.1 Å². The van der Waals surface area contributed by atoms with E-state index in [4.69, 9.17) is 14.9 Å². The predicted molar refractivity (Wildman–Crippen MR) is 76.0 cm³/mol. The SMILES string of the molecule is CC1COC(=O)/C=C\C(=O)O1.O=C(O)c1cccc(C(=O)O)c1. The standard InChI is InChI=1S/C8H6O4.C7H8O4/c9-7(10)5-2-1-3-6(4-5)8(11)12;1-5-4-10-6(8)2-3-7(9)11-5/h1-4H,(H,9,10)(H,11,12);2-3,5H,4H2,1H3/b;3-2-. The van der Waals surface area contributed by atoms with Gasteiger partial charge in [-0.25, -0.2) is 19.2 Å². The Morgan fingerprint density at radius 2 is 1.57 bits per heavy atom. The second kappa shape index (κ2) is 8.32. The van der Waals surface area contributed by atoms with Crippen LogP contribution in [0.5, 0.6) is 0 Å². The van der Waals surface area contributed by atoms with Crippen molar-refractivity contribution < 1.29 is 38.9 Å². The summed E-state index contributed by atoms with van der Waals surface area (Å²) < 4.78 is 9.38. The average Bonchev–Trinajstić information content (AvgIpc) is 2.50. The molecule has 23 heavy (non-hydrogen) atoms. The van der Waals surface area contributed by atoms with Gasteiger partial charge in [0.2, 0.25) is 0 Å². The lowest BCUT2D eigenvalue weighted by molar-refractivity contribution is -0.153. The van der Waals surface area contributed by atoms with E-state index < -0.39 is 23.9 Å². The number of benzene rings is 1. The van der Waals surface area contributed by atoms with Crippen molar-refractivity contribution >= 4 is 23.9 Å². The lowest BCUT2D eigenvalue weighted by Gasteiger charge is -2.13. The van der Waals surface area contributed by atoms with Gasteiger partial charge < -0.3 is 19.7 Å². The van der Waals surface area contributed by atoms with E-state index in [-0.39, 0.29) is 23.8 Å². The predicted octanol–water partition coefficient (Wildman–Crippen LogP) is 1.11. The molecule has 0 amide bonds. The van der Waals surface area contributed by atoms with Crippen LogP contribution in [0, 0.1) is 0 Å². The Hall–Kier alpha value is -3.16. The summed E-state index contributed by atoms with van der Waals surface area (Å²) in [7, 11) is 0. The smallest absolute Gasteiger partial charge is 0.335 e. The maximum atomic E-state index is 10.7. The third kappa shape index (κ3) is 6.42. The van der Waals surface area contributed by atoms with Crippen molar-refractivity contribution in [3.8, 4) is 0 Å². The van der Waals surface area contributed by atoms with Gasteiger partial charge in [-0.15, -0.1) is 0 Å². The largest absolute Gasteiger partial charge is 0.478 e. The van der Waals surface area contributed by atoms with E-state index in [0.29, 0.717) is 0 Å². The summed E-state index contributed by atoms with van der Waals surface area (Å²) in [6.07, 6.45) is 1.74. The van der Waals surface area contributed by atoms with Crippen molar-refractivity contribution in [1.82, 2.24) is 0 Å². The molecular weight excluding hydrogens is 308 g/mol. The van der Waals surface area contributed by atoms with Crippen LogP contribution in [0.25, 0.3) is 0 Å². The van der Waals surface area contributed by atoms with Gasteiger partial charge in [0.25, 0.3) is 0 Å². The van der Waals surface area contributed by atoms with Crippen molar-refractivity contribution in [3.63, 3.8) is 0 Å². The van der Waals surface area contributed by atoms with E-state index in [1.165, 1.54) is 18.2 Å².